The molecule has 0 fully saturated rings. The van der Waals surface area contributed by atoms with Gasteiger partial charge in [-0.1, -0.05) is 0 Å². The van der Waals surface area contributed by atoms with Crippen LogP contribution in [0.5, 0.6) is 0 Å². The Morgan fingerprint density at radius 2 is 1.78 bits per heavy atom. The first-order valence-electron chi connectivity index (χ1n) is 1.81. The molecule has 0 spiro atoms. The summed E-state index contributed by atoms with van der Waals surface area (Å²) in [5, 5.41) is 26.7. The second kappa shape index (κ2) is 10.7. The van der Waals surface area contributed by atoms with Gasteiger partial charge < -0.3 is 32.1 Å². The Bertz CT molecular complexity index is 45.5. The van der Waals surface area contributed by atoms with Crippen LogP contribution in [0.25, 0.3) is 0 Å². The predicted octanol–water partition coefficient (Wildman–Crippen LogP) is -2.55. The van der Waals surface area contributed by atoms with Gasteiger partial charge in [-0.15, -0.1) is 0 Å². The molecule has 0 amide bonds. The normalized spacial score (nSPS) is 7.00. The van der Waals surface area contributed by atoms with E-state index in [0.717, 1.165) is 0 Å². The summed E-state index contributed by atoms with van der Waals surface area (Å²) < 4.78 is 3.83. The molecule has 0 aliphatic carbocycles. The van der Waals surface area contributed by atoms with Gasteiger partial charge in [0.05, 0.1) is 13.9 Å². The van der Waals surface area contributed by atoms with Crippen molar-refractivity contribution in [2.45, 2.75) is 0 Å². The van der Waals surface area contributed by atoms with Gasteiger partial charge in [0.15, 0.2) is 0 Å². The Balaban J connectivity index is -0.000000180. The van der Waals surface area contributed by atoms with Crippen LogP contribution in [0, 0.1) is 0 Å². The third-order valence-corrected chi connectivity index (χ3v) is 0.345. The van der Waals surface area contributed by atoms with Gasteiger partial charge in [0, 0.05) is 6.61 Å². The first-order valence-corrected chi connectivity index (χ1v) is 1.81. The zero-order chi connectivity index (χ0) is 5.70. The van der Waals surface area contributed by atoms with Gasteiger partial charge in [-0.3, -0.25) is 0 Å². The van der Waals surface area contributed by atoms with E-state index in [1.54, 1.807) is 0 Å². The molecule has 58 valence electrons. The largest absolute Gasteiger partial charge is 0.871 e. The molecular weight excluding hydrogens is 127 g/mol. The number of hydrogen-bond acceptors (Lipinski definition) is 4. The lowest BCUT2D eigenvalue weighted by atomic mass is 10.3. The van der Waals surface area contributed by atoms with Crippen LogP contribution < -0.4 is 22.3 Å². The molecule has 9 heavy (non-hydrogen) atoms. The highest BCUT2D eigenvalue weighted by Gasteiger charge is 1.75. The van der Waals surface area contributed by atoms with Gasteiger partial charge in [-0.25, -0.2) is 0 Å². The molecule has 0 aromatic heterocycles. The topological polar surface area (TPSA) is 149 Å². The highest BCUT2D eigenvalue weighted by molar-refractivity contribution is 6.28. The summed E-state index contributed by atoms with van der Waals surface area (Å²) in [6.07, 6.45) is 0. The summed E-state index contributed by atoms with van der Waals surface area (Å²) in [5.41, 5.74) is 0. The quantitative estimate of drug-likeness (QED) is 0.370. The zero-order valence-electron chi connectivity index (χ0n) is 5.66. The van der Waals surface area contributed by atoms with Crippen molar-refractivity contribution in [1.82, 2.24) is 12.3 Å². The van der Waals surface area contributed by atoms with E-state index >= 15 is 0 Å². The van der Waals surface area contributed by atoms with Crippen molar-refractivity contribution in [1.29, 1.82) is 0 Å². The molecule has 0 rings (SSSR count). The van der Waals surface area contributed by atoms with E-state index in [1.807, 2.05) is 0 Å². The minimum Gasteiger partial charge on any atom is -0.871 e. The van der Waals surface area contributed by atoms with Crippen LogP contribution in [-0.4, -0.2) is 25.6 Å². The van der Waals surface area contributed by atoms with E-state index in [0.29, 0.717) is 0 Å². The lowest BCUT2D eigenvalue weighted by molar-refractivity contribution is -0.381. The lowest BCUT2D eigenvalue weighted by Gasteiger charge is -2.24. The SMILES string of the molecule is [NH4+].[NH4+].[O-]B([O-])OCCO. The Hall–Kier alpha value is -0.175. The number of hydrogen-bond donors (Lipinski definition) is 3. The van der Waals surface area contributed by atoms with Gasteiger partial charge in [0.1, 0.15) is 0 Å². The van der Waals surface area contributed by atoms with Crippen molar-refractivity contribution in [3.8, 4) is 0 Å². The van der Waals surface area contributed by atoms with Crippen LogP contribution in [0.4, 0.5) is 0 Å². The van der Waals surface area contributed by atoms with Crippen LogP contribution in [0.2, 0.25) is 0 Å². The Morgan fingerprint density at radius 1 is 1.33 bits per heavy atom. The molecule has 0 aromatic rings. The van der Waals surface area contributed by atoms with Crippen molar-refractivity contribution in [3.63, 3.8) is 0 Å². The third kappa shape index (κ3) is 18.1. The molecular formula is C2H13BN2O4. The summed E-state index contributed by atoms with van der Waals surface area (Å²) in [6, 6.07) is 0. The second-order valence-corrected chi connectivity index (χ2v) is 0.883. The van der Waals surface area contributed by atoms with E-state index < -0.39 is 7.32 Å². The minimum atomic E-state index is -2.26. The van der Waals surface area contributed by atoms with Crippen LogP contribution in [0.1, 0.15) is 0 Å². The van der Waals surface area contributed by atoms with E-state index in [4.69, 9.17) is 5.11 Å². The first-order chi connectivity index (χ1) is 3.27. The highest BCUT2D eigenvalue weighted by Crippen LogP contribution is 1.63. The molecule has 0 saturated heterocycles. The fourth-order valence-electron chi connectivity index (χ4n) is 0.149. The maximum absolute atomic E-state index is 9.40. The van der Waals surface area contributed by atoms with Crippen molar-refractivity contribution in [2.75, 3.05) is 13.2 Å². The molecule has 0 atom stereocenters. The smallest absolute Gasteiger partial charge is 0.0646 e. The molecule has 0 saturated carbocycles. The Kier molecular flexibility index (Phi) is 19.0. The van der Waals surface area contributed by atoms with E-state index in [9.17, 15) is 10.0 Å². The third-order valence-electron chi connectivity index (χ3n) is 0.345. The summed E-state index contributed by atoms with van der Waals surface area (Å²) in [7, 11) is -2.26. The molecule has 0 radical (unpaired) electrons. The highest BCUT2D eigenvalue weighted by atomic mass is 16.6. The van der Waals surface area contributed by atoms with Crippen LogP contribution in [-0.2, 0) is 4.65 Å². The van der Waals surface area contributed by atoms with Gasteiger partial charge in [-0.05, 0) is 0 Å². The Labute approximate surface area is 53.8 Å². The second-order valence-electron chi connectivity index (χ2n) is 0.883. The van der Waals surface area contributed by atoms with Crippen LogP contribution in [0.3, 0.4) is 0 Å². The zero-order valence-corrected chi connectivity index (χ0v) is 5.66. The molecule has 0 unspecified atom stereocenters. The maximum Gasteiger partial charge on any atom is 0.0646 e. The first kappa shape index (κ1) is 15.9. The monoisotopic (exact) mass is 140 g/mol. The minimum absolute atomic E-state index is 0. The van der Waals surface area contributed by atoms with Gasteiger partial charge >= 0.3 is 0 Å². The number of quaternary nitrogens is 2. The fourth-order valence-corrected chi connectivity index (χ4v) is 0.149. The number of aliphatic hydroxyl groups is 1. The van der Waals surface area contributed by atoms with Crippen molar-refractivity contribution >= 4 is 7.32 Å². The predicted molar refractivity (Wildman–Crippen MR) is 30.8 cm³/mol. The van der Waals surface area contributed by atoms with Crippen molar-refractivity contribution in [3.05, 3.63) is 0 Å². The molecule has 6 nitrogen and oxygen atoms in total. The molecule has 9 N–H and O–H groups in total. The number of rotatable bonds is 3. The van der Waals surface area contributed by atoms with Crippen molar-refractivity contribution in [2.24, 2.45) is 0 Å². The van der Waals surface area contributed by atoms with E-state index in [2.05, 4.69) is 4.65 Å². The molecule has 0 heterocycles. The summed E-state index contributed by atoms with van der Waals surface area (Å²) in [6.45, 7) is -0.446. The molecule has 0 bridgehead atoms. The Morgan fingerprint density at radius 3 is 1.89 bits per heavy atom. The molecule has 0 aromatic carbocycles. The molecule has 0 aliphatic heterocycles. The van der Waals surface area contributed by atoms with Gasteiger partial charge in [0.2, 0.25) is 0 Å². The fraction of sp³-hybridized carbons (Fsp3) is 1.00. The average Bonchev–Trinajstić information content (AvgIpc) is 1.61. The van der Waals surface area contributed by atoms with Crippen molar-refractivity contribution < 1.29 is 19.8 Å². The standard InChI is InChI=1S/C2H5BO4.2H3N/c4-1-2-7-3(5)6;;/h4H,1-2H2;2*1H3/q-2;;/p+2. The molecule has 7 heteroatoms. The van der Waals surface area contributed by atoms with E-state index in [1.165, 1.54) is 0 Å². The van der Waals surface area contributed by atoms with Crippen LogP contribution in [0.15, 0.2) is 0 Å². The summed E-state index contributed by atoms with van der Waals surface area (Å²) in [5.74, 6) is 0. The van der Waals surface area contributed by atoms with E-state index in [-0.39, 0.29) is 25.5 Å². The lowest BCUT2D eigenvalue weighted by Crippen LogP contribution is -2.48. The summed E-state index contributed by atoms with van der Waals surface area (Å²) in [4.78, 5) is 0. The van der Waals surface area contributed by atoms with Gasteiger partial charge in [0.25, 0.3) is 0 Å². The molecule has 0 aliphatic rings. The maximum atomic E-state index is 9.40. The van der Waals surface area contributed by atoms with Gasteiger partial charge in [-0.2, -0.15) is 0 Å². The average molecular weight is 140 g/mol. The summed E-state index contributed by atoms with van der Waals surface area (Å²) >= 11 is 0. The number of aliphatic hydroxyl groups excluding tert-OH is 1. The van der Waals surface area contributed by atoms with Crippen LogP contribution >= 0.6 is 0 Å².